The van der Waals surface area contributed by atoms with Crippen LogP contribution in [0, 0.1) is 5.92 Å². The Morgan fingerprint density at radius 2 is 1.89 bits per heavy atom. The quantitative estimate of drug-likeness (QED) is 0.801. The van der Waals surface area contributed by atoms with Gasteiger partial charge >= 0.3 is 0 Å². The Hall–Kier alpha value is -0.120. The van der Waals surface area contributed by atoms with Crippen LogP contribution < -0.4 is 5.32 Å². The van der Waals surface area contributed by atoms with Crippen LogP contribution in [-0.4, -0.2) is 49.8 Å². The molecule has 2 unspecified atom stereocenters. The Morgan fingerprint density at radius 3 is 2.47 bits per heavy atom. The van der Waals surface area contributed by atoms with Crippen molar-refractivity contribution >= 4 is 0 Å². The molecule has 1 saturated carbocycles. The maximum absolute atomic E-state index is 6.37. The van der Waals surface area contributed by atoms with Crippen LogP contribution in [-0.2, 0) is 4.74 Å². The van der Waals surface area contributed by atoms with Gasteiger partial charge in [-0.1, -0.05) is 26.7 Å². The maximum atomic E-state index is 6.37. The molecule has 0 aromatic rings. The molecule has 1 aliphatic carbocycles. The third kappa shape index (κ3) is 4.17. The molecule has 0 amide bonds. The third-order valence-corrected chi connectivity index (χ3v) is 4.83. The van der Waals surface area contributed by atoms with Crippen LogP contribution >= 0.6 is 0 Å². The molecule has 0 radical (unpaired) electrons. The van der Waals surface area contributed by atoms with Gasteiger partial charge in [0.25, 0.3) is 0 Å². The highest BCUT2D eigenvalue weighted by Crippen LogP contribution is 2.43. The number of nitrogens with zero attached hydrogens (tertiary/aromatic N) is 1. The molecule has 3 heteroatoms. The number of likely N-dealkylation sites (N-methyl/N-ethyl adjacent to an activating group) is 1. The second-order valence-electron chi connectivity index (χ2n) is 7.19. The van der Waals surface area contributed by atoms with Crippen molar-refractivity contribution in [2.75, 3.05) is 27.2 Å². The Morgan fingerprint density at radius 1 is 1.21 bits per heavy atom. The molecular weight excluding hydrogens is 236 g/mol. The molecule has 1 heterocycles. The summed E-state index contributed by atoms with van der Waals surface area (Å²) in [6.07, 6.45) is 8.33. The zero-order valence-electron chi connectivity index (χ0n) is 13.2. The lowest BCUT2D eigenvalue weighted by molar-refractivity contribution is -0.0364. The predicted octanol–water partition coefficient (Wildman–Crippen LogP) is 2.65. The highest BCUT2D eigenvalue weighted by atomic mass is 16.5. The lowest BCUT2D eigenvalue weighted by Crippen LogP contribution is -2.45. The van der Waals surface area contributed by atoms with Crippen LogP contribution in [0.1, 0.15) is 52.4 Å². The summed E-state index contributed by atoms with van der Waals surface area (Å²) < 4.78 is 6.37. The number of rotatable bonds is 6. The second kappa shape index (κ2) is 6.55. The Balaban J connectivity index is 1.75. The summed E-state index contributed by atoms with van der Waals surface area (Å²) in [6.45, 7) is 6.73. The molecule has 2 rings (SSSR count). The fourth-order valence-electron chi connectivity index (χ4n) is 3.61. The van der Waals surface area contributed by atoms with E-state index in [2.05, 4.69) is 38.2 Å². The summed E-state index contributed by atoms with van der Waals surface area (Å²) in [7, 11) is 4.30. The predicted molar refractivity (Wildman–Crippen MR) is 80.5 cm³/mol. The molecule has 0 aromatic carbocycles. The standard InChI is InChI=1S/C16H32N2O/c1-13(2)15(12-18(3)4)17-11-14-7-10-16(19-14)8-5-6-9-16/h13-15,17H,5-12H2,1-4H3. The number of nitrogens with one attached hydrogen (secondary N) is 1. The van der Waals surface area contributed by atoms with E-state index < -0.39 is 0 Å². The first kappa shape index (κ1) is 15.3. The molecule has 0 aromatic heterocycles. The monoisotopic (exact) mass is 268 g/mol. The van der Waals surface area contributed by atoms with Crippen molar-refractivity contribution < 1.29 is 4.74 Å². The summed E-state index contributed by atoms with van der Waals surface area (Å²) in [6, 6.07) is 0.568. The Labute approximate surface area is 119 Å². The van der Waals surface area contributed by atoms with Gasteiger partial charge in [-0.3, -0.25) is 0 Å². The van der Waals surface area contributed by atoms with E-state index in [9.17, 15) is 0 Å². The highest BCUT2D eigenvalue weighted by molar-refractivity contribution is 4.93. The van der Waals surface area contributed by atoms with Crippen LogP contribution in [0.15, 0.2) is 0 Å². The summed E-state index contributed by atoms with van der Waals surface area (Å²) in [5.74, 6) is 0.671. The first-order chi connectivity index (χ1) is 9.01. The molecule has 2 aliphatic rings. The van der Waals surface area contributed by atoms with E-state index in [4.69, 9.17) is 4.74 Å². The van der Waals surface area contributed by atoms with Gasteiger partial charge in [0.1, 0.15) is 0 Å². The second-order valence-corrected chi connectivity index (χ2v) is 7.19. The van der Waals surface area contributed by atoms with Gasteiger partial charge in [0.2, 0.25) is 0 Å². The van der Waals surface area contributed by atoms with Gasteiger partial charge in [-0.05, 0) is 45.7 Å². The Kier molecular flexibility index (Phi) is 5.27. The summed E-state index contributed by atoms with van der Waals surface area (Å²) >= 11 is 0. The van der Waals surface area contributed by atoms with Crippen molar-refractivity contribution in [2.45, 2.75) is 70.1 Å². The lowest BCUT2D eigenvalue weighted by atomic mass is 9.98. The van der Waals surface area contributed by atoms with Crippen molar-refractivity contribution in [2.24, 2.45) is 5.92 Å². The fourth-order valence-corrected chi connectivity index (χ4v) is 3.61. The van der Waals surface area contributed by atoms with E-state index >= 15 is 0 Å². The van der Waals surface area contributed by atoms with Gasteiger partial charge < -0.3 is 15.0 Å². The smallest absolute Gasteiger partial charge is 0.0708 e. The van der Waals surface area contributed by atoms with Gasteiger partial charge in [0.15, 0.2) is 0 Å². The van der Waals surface area contributed by atoms with E-state index in [1.807, 2.05) is 0 Å². The van der Waals surface area contributed by atoms with E-state index in [-0.39, 0.29) is 5.60 Å². The first-order valence-electron chi connectivity index (χ1n) is 8.07. The minimum atomic E-state index is 0.279. The number of hydrogen-bond acceptors (Lipinski definition) is 3. The van der Waals surface area contributed by atoms with Gasteiger partial charge in [-0.25, -0.2) is 0 Å². The van der Waals surface area contributed by atoms with Crippen molar-refractivity contribution in [1.82, 2.24) is 10.2 Å². The topological polar surface area (TPSA) is 24.5 Å². The van der Waals surface area contributed by atoms with E-state index in [0.29, 0.717) is 18.1 Å². The largest absolute Gasteiger partial charge is 0.370 e. The Bertz CT molecular complexity index is 272. The maximum Gasteiger partial charge on any atom is 0.0708 e. The van der Waals surface area contributed by atoms with Crippen LogP contribution in [0.25, 0.3) is 0 Å². The molecular formula is C16H32N2O. The molecule has 0 bridgehead atoms. The van der Waals surface area contributed by atoms with Crippen molar-refractivity contribution in [1.29, 1.82) is 0 Å². The van der Waals surface area contributed by atoms with Gasteiger partial charge in [-0.15, -0.1) is 0 Å². The van der Waals surface area contributed by atoms with Crippen LogP contribution in [0.5, 0.6) is 0 Å². The van der Waals surface area contributed by atoms with Crippen LogP contribution in [0.2, 0.25) is 0 Å². The molecule has 3 nitrogen and oxygen atoms in total. The molecule has 112 valence electrons. The fraction of sp³-hybridized carbons (Fsp3) is 1.00. The first-order valence-corrected chi connectivity index (χ1v) is 8.07. The summed E-state index contributed by atoms with van der Waals surface area (Å²) in [5.41, 5.74) is 0.279. The summed E-state index contributed by atoms with van der Waals surface area (Å²) in [4.78, 5) is 2.27. The molecule has 19 heavy (non-hydrogen) atoms. The molecule has 2 fully saturated rings. The van der Waals surface area contributed by atoms with Crippen molar-refractivity contribution in [3.05, 3.63) is 0 Å². The lowest BCUT2D eigenvalue weighted by Gasteiger charge is -2.28. The number of ether oxygens (including phenoxy) is 1. The van der Waals surface area contributed by atoms with Crippen LogP contribution in [0.3, 0.4) is 0 Å². The van der Waals surface area contributed by atoms with E-state index in [1.54, 1.807) is 0 Å². The molecule has 1 N–H and O–H groups in total. The minimum Gasteiger partial charge on any atom is -0.370 e. The van der Waals surface area contributed by atoms with Gasteiger partial charge in [0, 0.05) is 19.1 Å². The minimum absolute atomic E-state index is 0.279. The molecule has 1 saturated heterocycles. The highest BCUT2D eigenvalue weighted by Gasteiger charge is 2.42. The zero-order chi connectivity index (χ0) is 13.9. The zero-order valence-corrected chi connectivity index (χ0v) is 13.2. The SMILES string of the molecule is CC(C)C(CN(C)C)NCC1CCC2(CCCC2)O1. The van der Waals surface area contributed by atoms with Crippen molar-refractivity contribution in [3.8, 4) is 0 Å². The normalized spacial score (nSPS) is 27.8. The van der Waals surface area contributed by atoms with Gasteiger partial charge in [-0.2, -0.15) is 0 Å². The van der Waals surface area contributed by atoms with E-state index in [1.165, 1.54) is 38.5 Å². The third-order valence-electron chi connectivity index (χ3n) is 4.83. The van der Waals surface area contributed by atoms with Gasteiger partial charge in [0.05, 0.1) is 11.7 Å². The van der Waals surface area contributed by atoms with E-state index in [0.717, 1.165) is 13.1 Å². The average Bonchev–Trinajstić information content (AvgIpc) is 2.95. The van der Waals surface area contributed by atoms with Crippen LogP contribution in [0.4, 0.5) is 0 Å². The number of hydrogen-bond donors (Lipinski definition) is 1. The molecule has 2 atom stereocenters. The molecule has 1 aliphatic heterocycles. The molecule has 1 spiro atoms. The average molecular weight is 268 g/mol. The summed E-state index contributed by atoms with van der Waals surface area (Å²) in [5, 5.41) is 3.73. The van der Waals surface area contributed by atoms with Crippen molar-refractivity contribution in [3.63, 3.8) is 0 Å².